The molecule has 0 aliphatic carbocycles. The van der Waals surface area contributed by atoms with Gasteiger partial charge in [-0.15, -0.1) is 0 Å². The minimum atomic E-state index is -0.512. The second-order valence-corrected chi connectivity index (χ2v) is 3.52. The van der Waals surface area contributed by atoms with E-state index in [0.29, 0.717) is 6.42 Å². The second-order valence-electron chi connectivity index (χ2n) is 3.52. The van der Waals surface area contributed by atoms with Crippen molar-refractivity contribution in [2.75, 3.05) is 14.2 Å². The molecule has 0 bridgehead atoms. The summed E-state index contributed by atoms with van der Waals surface area (Å²) in [6, 6.07) is 5.23. The summed E-state index contributed by atoms with van der Waals surface area (Å²) in [5, 5.41) is 8.69. The normalized spacial score (nSPS) is 11.7. The van der Waals surface area contributed by atoms with Crippen LogP contribution in [0.15, 0.2) is 12.1 Å². The van der Waals surface area contributed by atoms with Crippen LogP contribution < -0.4 is 15.2 Å². The Balaban J connectivity index is 3.11. The maximum Gasteiger partial charge on any atom is 0.128 e. The molecule has 1 unspecified atom stereocenters. The van der Waals surface area contributed by atoms with Crippen LogP contribution in [0.4, 0.5) is 0 Å². The molecule has 0 amide bonds. The van der Waals surface area contributed by atoms with Crippen LogP contribution in [0.1, 0.15) is 11.1 Å². The van der Waals surface area contributed by atoms with E-state index in [0.717, 1.165) is 22.6 Å². The van der Waals surface area contributed by atoms with Gasteiger partial charge in [0, 0.05) is 12.0 Å². The summed E-state index contributed by atoms with van der Waals surface area (Å²) in [6.45, 7) is 1.92. The maximum absolute atomic E-state index is 8.69. The van der Waals surface area contributed by atoms with Crippen LogP contribution in [0.25, 0.3) is 0 Å². The number of nitriles is 1. The van der Waals surface area contributed by atoms with Crippen LogP contribution >= 0.6 is 0 Å². The fourth-order valence-corrected chi connectivity index (χ4v) is 1.68. The highest BCUT2D eigenvalue weighted by Gasteiger charge is 2.13. The van der Waals surface area contributed by atoms with E-state index >= 15 is 0 Å². The molecule has 2 N–H and O–H groups in total. The summed E-state index contributed by atoms with van der Waals surface area (Å²) >= 11 is 0. The van der Waals surface area contributed by atoms with Crippen molar-refractivity contribution in [3.63, 3.8) is 0 Å². The van der Waals surface area contributed by atoms with Gasteiger partial charge < -0.3 is 15.2 Å². The average Bonchev–Trinajstić information content (AvgIpc) is 2.29. The molecule has 1 rings (SSSR count). The molecule has 1 atom stereocenters. The van der Waals surface area contributed by atoms with E-state index in [-0.39, 0.29) is 0 Å². The average molecular weight is 220 g/mol. The molecular weight excluding hydrogens is 204 g/mol. The highest BCUT2D eigenvalue weighted by Crippen LogP contribution is 2.31. The molecule has 0 aliphatic heterocycles. The number of rotatable bonds is 4. The SMILES string of the molecule is COc1ccc(CC(N)C#N)c(OC)c1C. The number of hydrogen-bond donors (Lipinski definition) is 1. The molecule has 0 fully saturated rings. The van der Waals surface area contributed by atoms with Gasteiger partial charge in [-0.3, -0.25) is 0 Å². The van der Waals surface area contributed by atoms with Gasteiger partial charge in [-0.1, -0.05) is 6.07 Å². The fraction of sp³-hybridized carbons (Fsp3) is 0.417. The molecule has 0 aliphatic rings. The Morgan fingerprint density at radius 1 is 1.38 bits per heavy atom. The Bertz CT molecular complexity index is 410. The van der Waals surface area contributed by atoms with Crippen LogP contribution in [-0.2, 0) is 6.42 Å². The Kier molecular flexibility index (Phi) is 4.15. The Morgan fingerprint density at radius 2 is 2.06 bits per heavy atom. The first-order valence-electron chi connectivity index (χ1n) is 4.99. The van der Waals surface area contributed by atoms with Crippen molar-refractivity contribution in [3.05, 3.63) is 23.3 Å². The molecule has 1 aromatic carbocycles. The lowest BCUT2D eigenvalue weighted by molar-refractivity contribution is 0.385. The van der Waals surface area contributed by atoms with Crippen molar-refractivity contribution in [1.29, 1.82) is 5.26 Å². The third-order valence-electron chi connectivity index (χ3n) is 2.47. The number of nitrogens with two attached hydrogens (primary N) is 1. The van der Waals surface area contributed by atoms with Gasteiger partial charge in [0.1, 0.15) is 11.5 Å². The van der Waals surface area contributed by atoms with E-state index < -0.39 is 6.04 Å². The predicted molar refractivity (Wildman–Crippen MR) is 61.6 cm³/mol. The Hall–Kier alpha value is -1.73. The zero-order valence-electron chi connectivity index (χ0n) is 9.78. The topological polar surface area (TPSA) is 68.3 Å². The number of methoxy groups -OCH3 is 2. The van der Waals surface area contributed by atoms with Gasteiger partial charge in [0.05, 0.1) is 26.3 Å². The molecule has 4 nitrogen and oxygen atoms in total. The summed E-state index contributed by atoms with van der Waals surface area (Å²) in [4.78, 5) is 0. The van der Waals surface area contributed by atoms with Gasteiger partial charge in [-0.25, -0.2) is 0 Å². The highest BCUT2D eigenvalue weighted by atomic mass is 16.5. The first kappa shape index (κ1) is 12.3. The maximum atomic E-state index is 8.69. The van der Waals surface area contributed by atoms with Crippen molar-refractivity contribution in [3.8, 4) is 17.6 Å². The summed E-state index contributed by atoms with van der Waals surface area (Å²) in [6.07, 6.45) is 0.477. The van der Waals surface area contributed by atoms with Crippen LogP contribution in [0.2, 0.25) is 0 Å². The molecule has 0 heterocycles. The van der Waals surface area contributed by atoms with Gasteiger partial charge >= 0.3 is 0 Å². The number of ether oxygens (including phenoxy) is 2. The Labute approximate surface area is 95.6 Å². The second kappa shape index (κ2) is 5.38. The third-order valence-corrected chi connectivity index (χ3v) is 2.47. The van der Waals surface area contributed by atoms with Crippen molar-refractivity contribution in [2.24, 2.45) is 5.73 Å². The molecule has 16 heavy (non-hydrogen) atoms. The minimum absolute atomic E-state index is 0.477. The van der Waals surface area contributed by atoms with Crippen molar-refractivity contribution >= 4 is 0 Å². The number of nitrogens with zero attached hydrogens (tertiary/aromatic N) is 1. The Morgan fingerprint density at radius 3 is 2.56 bits per heavy atom. The largest absolute Gasteiger partial charge is 0.496 e. The van der Waals surface area contributed by atoms with Gasteiger partial charge in [0.15, 0.2) is 0 Å². The quantitative estimate of drug-likeness (QED) is 0.832. The fourth-order valence-electron chi connectivity index (χ4n) is 1.68. The standard InChI is InChI=1S/C12H16N2O2/c1-8-11(15-2)5-4-9(12(8)16-3)6-10(14)7-13/h4-5,10H,6,14H2,1-3H3. The van der Waals surface area contributed by atoms with Crippen LogP contribution in [0.5, 0.6) is 11.5 Å². The lowest BCUT2D eigenvalue weighted by Gasteiger charge is -2.14. The van der Waals surface area contributed by atoms with Crippen LogP contribution in [0.3, 0.4) is 0 Å². The minimum Gasteiger partial charge on any atom is -0.496 e. The smallest absolute Gasteiger partial charge is 0.128 e. The van der Waals surface area contributed by atoms with Gasteiger partial charge in [0.25, 0.3) is 0 Å². The number of benzene rings is 1. The monoisotopic (exact) mass is 220 g/mol. The lowest BCUT2D eigenvalue weighted by atomic mass is 10.0. The molecule has 1 aromatic rings. The summed E-state index contributed by atoms with van der Waals surface area (Å²) < 4.78 is 10.5. The van der Waals surface area contributed by atoms with E-state index in [2.05, 4.69) is 0 Å². The molecule has 0 saturated heterocycles. The molecule has 0 saturated carbocycles. The first-order chi connectivity index (χ1) is 7.63. The zero-order valence-corrected chi connectivity index (χ0v) is 9.78. The van der Waals surface area contributed by atoms with Crippen molar-refractivity contribution in [2.45, 2.75) is 19.4 Å². The molecular formula is C12H16N2O2. The van der Waals surface area contributed by atoms with Crippen LogP contribution in [0, 0.1) is 18.3 Å². The van der Waals surface area contributed by atoms with Crippen LogP contribution in [-0.4, -0.2) is 20.3 Å². The molecule has 0 radical (unpaired) electrons. The number of hydrogen-bond acceptors (Lipinski definition) is 4. The van der Waals surface area contributed by atoms with E-state index in [1.54, 1.807) is 14.2 Å². The van der Waals surface area contributed by atoms with Crippen molar-refractivity contribution < 1.29 is 9.47 Å². The molecule has 86 valence electrons. The lowest BCUT2D eigenvalue weighted by Crippen LogP contribution is -2.20. The molecule has 4 heteroatoms. The first-order valence-corrected chi connectivity index (χ1v) is 4.99. The van der Waals surface area contributed by atoms with Crippen molar-refractivity contribution in [1.82, 2.24) is 0 Å². The van der Waals surface area contributed by atoms with Gasteiger partial charge in [0.2, 0.25) is 0 Å². The van der Waals surface area contributed by atoms with Gasteiger partial charge in [-0.2, -0.15) is 5.26 Å². The third kappa shape index (κ3) is 2.44. The van der Waals surface area contributed by atoms with Gasteiger partial charge in [-0.05, 0) is 18.6 Å². The summed E-state index contributed by atoms with van der Waals surface area (Å²) in [5.74, 6) is 1.51. The molecule has 0 spiro atoms. The predicted octanol–water partition coefficient (Wildman–Crippen LogP) is 1.41. The van der Waals surface area contributed by atoms with E-state index in [1.807, 2.05) is 25.1 Å². The van der Waals surface area contributed by atoms with E-state index in [9.17, 15) is 0 Å². The van der Waals surface area contributed by atoms with E-state index in [4.69, 9.17) is 20.5 Å². The molecule has 0 aromatic heterocycles. The zero-order chi connectivity index (χ0) is 12.1. The highest BCUT2D eigenvalue weighted by molar-refractivity contribution is 5.49. The summed E-state index contributed by atoms with van der Waals surface area (Å²) in [5.41, 5.74) is 7.45. The summed E-state index contributed by atoms with van der Waals surface area (Å²) in [7, 11) is 3.21. The van der Waals surface area contributed by atoms with E-state index in [1.165, 1.54) is 0 Å².